The maximum absolute atomic E-state index is 9.61. The summed E-state index contributed by atoms with van der Waals surface area (Å²) in [5.74, 6) is 1.16. The molecule has 22 heavy (non-hydrogen) atoms. The molecule has 0 aliphatic carbocycles. The molecule has 0 unspecified atom stereocenters. The molecule has 1 aromatic carbocycles. The van der Waals surface area contributed by atoms with E-state index in [-0.39, 0.29) is 24.4 Å². The average molecular weight is 300 g/mol. The number of pyridine rings is 1. The summed E-state index contributed by atoms with van der Waals surface area (Å²) < 4.78 is 5.57. The Balaban J connectivity index is 1.95. The number of aromatic nitrogens is 1. The molecule has 0 bridgehead atoms. The van der Waals surface area contributed by atoms with E-state index in [1.165, 1.54) is 0 Å². The van der Waals surface area contributed by atoms with E-state index < -0.39 is 0 Å². The van der Waals surface area contributed by atoms with Gasteiger partial charge in [-0.3, -0.25) is 4.98 Å². The van der Waals surface area contributed by atoms with Gasteiger partial charge in [-0.25, -0.2) is 4.99 Å². The Hall–Kier alpha value is -2.76. The van der Waals surface area contributed by atoms with Gasteiger partial charge >= 0.3 is 0 Å². The van der Waals surface area contributed by atoms with Crippen LogP contribution < -0.4 is 15.8 Å². The third-order valence-corrected chi connectivity index (χ3v) is 2.76. The SMILES string of the molecule is CC(C)Oc1ccc(NC(N)=NCc2ncccc2O)cc1. The van der Waals surface area contributed by atoms with Gasteiger partial charge in [0.1, 0.15) is 17.2 Å². The minimum atomic E-state index is 0.106. The van der Waals surface area contributed by atoms with Crippen molar-refractivity contribution in [2.45, 2.75) is 26.5 Å². The Bertz CT molecular complexity index is 639. The first-order valence-corrected chi connectivity index (χ1v) is 7.01. The van der Waals surface area contributed by atoms with Crippen molar-refractivity contribution in [2.24, 2.45) is 10.7 Å². The second kappa shape index (κ2) is 7.31. The summed E-state index contributed by atoms with van der Waals surface area (Å²) in [7, 11) is 0. The molecule has 6 heteroatoms. The summed E-state index contributed by atoms with van der Waals surface area (Å²) in [6, 6.07) is 10.7. The summed E-state index contributed by atoms with van der Waals surface area (Å²) >= 11 is 0. The van der Waals surface area contributed by atoms with Crippen LogP contribution in [-0.4, -0.2) is 22.2 Å². The van der Waals surface area contributed by atoms with E-state index in [4.69, 9.17) is 10.5 Å². The van der Waals surface area contributed by atoms with E-state index >= 15 is 0 Å². The van der Waals surface area contributed by atoms with Crippen LogP contribution >= 0.6 is 0 Å². The second-order valence-corrected chi connectivity index (χ2v) is 4.99. The molecule has 0 saturated carbocycles. The maximum atomic E-state index is 9.61. The van der Waals surface area contributed by atoms with E-state index in [1.807, 2.05) is 38.1 Å². The number of guanidine groups is 1. The molecule has 0 fully saturated rings. The Kier molecular flexibility index (Phi) is 5.19. The molecule has 0 amide bonds. The fourth-order valence-corrected chi connectivity index (χ4v) is 1.79. The topological polar surface area (TPSA) is 92.8 Å². The summed E-state index contributed by atoms with van der Waals surface area (Å²) in [5.41, 5.74) is 7.11. The van der Waals surface area contributed by atoms with Crippen LogP contribution in [-0.2, 0) is 6.54 Å². The Morgan fingerprint density at radius 3 is 2.68 bits per heavy atom. The van der Waals surface area contributed by atoms with Crippen molar-refractivity contribution in [1.29, 1.82) is 0 Å². The number of nitrogens with one attached hydrogen (secondary N) is 1. The number of rotatable bonds is 5. The van der Waals surface area contributed by atoms with Crippen molar-refractivity contribution in [2.75, 3.05) is 5.32 Å². The minimum absolute atomic E-state index is 0.106. The highest BCUT2D eigenvalue weighted by atomic mass is 16.5. The number of benzene rings is 1. The Morgan fingerprint density at radius 2 is 2.05 bits per heavy atom. The molecule has 1 heterocycles. The quantitative estimate of drug-likeness (QED) is 0.583. The van der Waals surface area contributed by atoms with E-state index in [2.05, 4.69) is 15.3 Å². The van der Waals surface area contributed by atoms with Gasteiger partial charge in [0.25, 0.3) is 0 Å². The van der Waals surface area contributed by atoms with Crippen LogP contribution in [0.2, 0.25) is 0 Å². The molecule has 2 aromatic rings. The molecule has 0 saturated heterocycles. The van der Waals surface area contributed by atoms with Gasteiger partial charge in [-0.15, -0.1) is 0 Å². The first-order chi connectivity index (χ1) is 10.5. The molecule has 0 atom stereocenters. The lowest BCUT2D eigenvalue weighted by Gasteiger charge is -2.11. The molecule has 4 N–H and O–H groups in total. The summed E-state index contributed by atoms with van der Waals surface area (Å²) in [6.07, 6.45) is 1.73. The van der Waals surface area contributed by atoms with Crippen molar-refractivity contribution in [3.63, 3.8) is 0 Å². The fourth-order valence-electron chi connectivity index (χ4n) is 1.79. The lowest BCUT2D eigenvalue weighted by Crippen LogP contribution is -2.22. The van der Waals surface area contributed by atoms with Gasteiger partial charge in [0.15, 0.2) is 5.96 Å². The molecule has 0 radical (unpaired) electrons. The van der Waals surface area contributed by atoms with Crippen LogP contribution in [0, 0.1) is 0 Å². The van der Waals surface area contributed by atoms with Crippen molar-refractivity contribution >= 4 is 11.6 Å². The summed E-state index contributed by atoms with van der Waals surface area (Å²) in [6.45, 7) is 4.16. The van der Waals surface area contributed by atoms with Crippen LogP contribution in [0.5, 0.6) is 11.5 Å². The van der Waals surface area contributed by atoms with Crippen molar-refractivity contribution in [3.8, 4) is 11.5 Å². The average Bonchev–Trinajstić information content (AvgIpc) is 2.48. The first kappa shape index (κ1) is 15.6. The van der Waals surface area contributed by atoms with Gasteiger partial charge in [-0.05, 0) is 50.2 Å². The van der Waals surface area contributed by atoms with E-state index in [1.54, 1.807) is 18.3 Å². The number of aromatic hydroxyl groups is 1. The number of nitrogens with two attached hydrogens (primary N) is 1. The number of aliphatic imine (C=N–C) groups is 1. The number of nitrogens with zero attached hydrogens (tertiary/aromatic N) is 2. The van der Waals surface area contributed by atoms with Gasteiger partial charge in [0.05, 0.1) is 12.6 Å². The van der Waals surface area contributed by atoms with Crippen LogP contribution in [0.25, 0.3) is 0 Å². The van der Waals surface area contributed by atoms with Gasteiger partial charge in [-0.1, -0.05) is 0 Å². The monoisotopic (exact) mass is 300 g/mol. The van der Waals surface area contributed by atoms with Gasteiger partial charge < -0.3 is 20.9 Å². The van der Waals surface area contributed by atoms with Crippen LogP contribution in [0.1, 0.15) is 19.5 Å². The fraction of sp³-hybridized carbons (Fsp3) is 0.250. The predicted molar refractivity (Wildman–Crippen MR) is 87.1 cm³/mol. The molecule has 2 rings (SSSR count). The minimum Gasteiger partial charge on any atom is -0.506 e. The lowest BCUT2D eigenvalue weighted by atomic mass is 10.3. The molecule has 0 spiro atoms. The number of ether oxygens (including phenoxy) is 1. The molecule has 0 aliphatic heterocycles. The van der Waals surface area contributed by atoms with Crippen LogP contribution in [0.4, 0.5) is 5.69 Å². The largest absolute Gasteiger partial charge is 0.506 e. The normalized spacial score (nSPS) is 11.5. The van der Waals surface area contributed by atoms with Crippen molar-refractivity contribution < 1.29 is 9.84 Å². The summed E-state index contributed by atoms with van der Waals surface area (Å²) in [5, 5.41) is 12.6. The van der Waals surface area contributed by atoms with E-state index in [9.17, 15) is 5.11 Å². The Labute approximate surface area is 129 Å². The van der Waals surface area contributed by atoms with Crippen LogP contribution in [0.15, 0.2) is 47.6 Å². The molecular weight excluding hydrogens is 280 g/mol. The third-order valence-electron chi connectivity index (χ3n) is 2.76. The standard InChI is InChI=1S/C16H20N4O2/c1-11(2)22-13-7-5-12(6-8-13)20-16(17)19-10-14-15(21)4-3-9-18-14/h3-9,11,21H,10H2,1-2H3,(H3,17,19,20). The maximum Gasteiger partial charge on any atom is 0.193 e. The highest BCUT2D eigenvalue weighted by Gasteiger charge is 2.02. The smallest absolute Gasteiger partial charge is 0.193 e. The molecule has 1 aromatic heterocycles. The number of hydrogen-bond acceptors (Lipinski definition) is 4. The van der Waals surface area contributed by atoms with Gasteiger partial charge in [0, 0.05) is 11.9 Å². The highest BCUT2D eigenvalue weighted by Crippen LogP contribution is 2.17. The van der Waals surface area contributed by atoms with Gasteiger partial charge in [0.2, 0.25) is 0 Å². The van der Waals surface area contributed by atoms with Crippen LogP contribution in [0.3, 0.4) is 0 Å². The van der Waals surface area contributed by atoms with E-state index in [0.717, 1.165) is 11.4 Å². The molecule has 0 aliphatic rings. The summed E-state index contributed by atoms with van der Waals surface area (Å²) in [4.78, 5) is 8.19. The zero-order valence-electron chi connectivity index (χ0n) is 12.7. The Morgan fingerprint density at radius 1 is 1.32 bits per heavy atom. The first-order valence-electron chi connectivity index (χ1n) is 7.01. The third kappa shape index (κ3) is 4.66. The number of hydrogen-bond donors (Lipinski definition) is 3. The molecule has 116 valence electrons. The zero-order valence-corrected chi connectivity index (χ0v) is 12.7. The number of anilines is 1. The predicted octanol–water partition coefficient (Wildman–Crippen LogP) is 2.50. The lowest BCUT2D eigenvalue weighted by molar-refractivity contribution is 0.242. The molecular formula is C16H20N4O2. The van der Waals surface area contributed by atoms with Crippen molar-refractivity contribution in [3.05, 3.63) is 48.3 Å². The second-order valence-electron chi connectivity index (χ2n) is 4.99. The molecule has 6 nitrogen and oxygen atoms in total. The van der Waals surface area contributed by atoms with Crippen molar-refractivity contribution in [1.82, 2.24) is 4.98 Å². The zero-order chi connectivity index (χ0) is 15.9. The highest BCUT2D eigenvalue weighted by molar-refractivity contribution is 5.92. The van der Waals surface area contributed by atoms with Gasteiger partial charge in [-0.2, -0.15) is 0 Å². The van der Waals surface area contributed by atoms with E-state index in [0.29, 0.717) is 5.69 Å².